The molecule has 2 rings (SSSR count). The SMILES string of the molecule is NN1CCCCC1.O=C(O)NN1CCCCC1. The fraction of sp³-hybridized carbons (Fsp3) is 0.909. The van der Waals surface area contributed by atoms with Gasteiger partial charge in [-0.3, -0.25) is 11.3 Å². The molecule has 0 aliphatic carbocycles. The van der Waals surface area contributed by atoms with Crippen LogP contribution in [0.15, 0.2) is 0 Å². The molecule has 0 radical (unpaired) electrons. The largest absolute Gasteiger partial charge is 0.464 e. The van der Waals surface area contributed by atoms with Crippen molar-refractivity contribution in [3.05, 3.63) is 0 Å². The number of carboxylic acid groups (broad SMARTS) is 1. The number of nitrogens with one attached hydrogen (secondary N) is 1. The number of carbonyl (C=O) groups is 1. The van der Waals surface area contributed by atoms with Crippen LogP contribution in [0.2, 0.25) is 0 Å². The Morgan fingerprint density at radius 3 is 1.76 bits per heavy atom. The highest BCUT2D eigenvalue weighted by Crippen LogP contribution is 2.05. The van der Waals surface area contributed by atoms with Gasteiger partial charge in [0.05, 0.1) is 0 Å². The minimum absolute atomic E-state index is 0.853. The number of hydrogen-bond donors (Lipinski definition) is 3. The molecule has 2 aliphatic rings. The smallest absolute Gasteiger partial charge is 0.419 e. The lowest BCUT2D eigenvalue weighted by Gasteiger charge is -2.24. The fourth-order valence-electron chi connectivity index (χ4n) is 2.06. The van der Waals surface area contributed by atoms with E-state index in [1.54, 1.807) is 5.01 Å². The number of nitrogens with two attached hydrogens (primary N) is 1. The molecule has 2 fully saturated rings. The highest BCUT2D eigenvalue weighted by Gasteiger charge is 2.10. The van der Waals surface area contributed by atoms with Crippen LogP contribution in [0.4, 0.5) is 4.79 Å². The second kappa shape index (κ2) is 8.27. The summed E-state index contributed by atoms with van der Waals surface area (Å²) >= 11 is 0. The third-order valence-corrected chi connectivity index (χ3v) is 3.00. The predicted molar refractivity (Wildman–Crippen MR) is 66.2 cm³/mol. The molecule has 2 aliphatic heterocycles. The topological polar surface area (TPSA) is 81.8 Å². The lowest BCUT2D eigenvalue weighted by molar-refractivity contribution is 0.124. The van der Waals surface area contributed by atoms with Crippen molar-refractivity contribution in [1.82, 2.24) is 15.4 Å². The zero-order valence-corrected chi connectivity index (χ0v) is 10.4. The monoisotopic (exact) mass is 244 g/mol. The molecule has 6 nitrogen and oxygen atoms in total. The maximum atomic E-state index is 10.1. The van der Waals surface area contributed by atoms with E-state index in [1.807, 2.05) is 5.01 Å². The minimum Gasteiger partial charge on any atom is -0.464 e. The number of rotatable bonds is 1. The molecule has 17 heavy (non-hydrogen) atoms. The normalized spacial score (nSPS) is 22.4. The molecule has 0 unspecified atom stereocenters. The van der Waals surface area contributed by atoms with Gasteiger partial charge in [0, 0.05) is 26.2 Å². The first kappa shape index (κ1) is 14.2. The lowest BCUT2D eigenvalue weighted by atomic mass is 10.2. The number of amides is 1. The third kappa shape index (κ3) is 7.14. The van der Waals surface area contributed by atoms with Crippen LogP contribution >= 0.6 is 0 Å². The van der Waals surface area contributed by atoms with Crippen molar-refractivity contribution in [2.75, 3.05) is 26.2 Å². The van der Waals surface area contributed by atoms with Crippen molar-refractivity contribution in [2.45, 2.75) is 38.5 Å². The van der Waals surface area contributed by atoms with Gasteiger partial charge in [-0.05, 0) is 25.7 Å². The van der Waals surface area contributed by atoms with Gasteiger partial charge < -0.3 is 5.11 Å². The van der Waals surface area contributed by atoms with Gasteiger partial charge in [-0.25, -0.2) is 14.8 Å². The van der Waals surface area contributed by atoms with Crippen molar-refractivity contribution in [2.24, 2.45) is 5.84 Å². The third-order valence-electron chi connectivity index (χ3n) is 3.00. The summed E-state index contributed by atoms with van der Waals surface area (Å²) in [6.45, 7) is 3.90. The molecular formula is C11H24N4O2. The Morgan fingerprint density at radius 2 is 1.41 bits per heavy atom. The molecule has 0 aromatic rings. The zero-order valence-electron chi connectivity index (χ0n) is 10.4. The van der Waals surface area contributed by atoms with Crippen LogP contribution in [0.3, 0.4) is 0 Å². The van der Waals surface area contributed by atoms with Gasteiger partial charge in [0.25, 0.3) is 0 Å². The van der Waals surface area contributed by atoms with E-state index in [2.05, 4.69) is 5.43 Å². The highest BCUT2D eigenvalue weighted by atomic mass is 16.4. The summed E-state index contributed by atoms with van der Waals surface area (Å²) < 4.78 is 0. The molecule has 6 heteroatoms. The minimum atomic E-state index is -0.957. The van der Waals surface area contributed by atoms with E-state index in [0.717, 1.165) is 39.0 Å². The summed E-state index contributed by atoms with van der Waals surface area (Å²) in [5, 5.41) is 11.9. The average molecular weight is 244 g/mol. The van der Waals surface area contributed by atoms with Crippen molar-refractivity contribution in [3.8, 4) is 0 Å². The van der Waals surface area contributed by atoms with Crippen LogP contribution in [0.1, 0.15) is 38.5 Å². The van der Waals surface area contributed by atoms with Crippen molar-refractivity contribution < 1.29 is 9.90 Å². The molecule has 0 spiro atoms. The van der Waals surface area contributed by atoms with Crippen molar-refractivity contribution in [1.29, 1.82) is 0 Å². The van der Waals surface area contributed by atoms with Crippen LogP contribution in [-0.4, -0.2) is 47.4 Å². The van der Waals surface area contributed by atoms with Crippen LogP contribution in [-0.2, 0) is 0 Å². The quantitative estimate of drug-likeness (QED) is 0.599. The number of nitrogens with zero attached hydrogens (tertiary/aromatic N) is 2. The van der Waals surface area contributed by atoms with E-state index in [4.69, 9.17) is 10.9 Å². The second-order valence-corrected chi connectivity index (χ2v) is 4.56. The van der Waals surface area contributed by atoms with E-state index in [9.17, 15) is 4.79 Å². The Morgan fingerprint density at radius 1 is 0.941 bits per heavy atom. The van der Waals surface area contributed by atoms with Gasteiger partial charge in [0.15, 0.2) is 0 Å². The first-order chi connectivity index (χ1) is 8.18. The van der Waals surface area contributed by atoms with Gasteiger partial charge in [-0.15, -0.1) is 0 Å². The Hall–Kier alpha value is -0.850. The first-order valence-corrected chi connectivity index (χ1v) is 6.42. The van der Waals surface area contributed by atoms with E-state index < -0.39 is 6.09 Å². The predicted octanol–water partition coefficient (Wildman–Crippen LogP) is 1.00. The summed E-state index contributed by atoms with van der Waals surface area (Å²) in [6.07, 6.45) is 6.40. The Kier molecular flexibility index (Phi) is 6.91. The molecule has 2 heterocycles. The van der Waals surface area contributed by atoms with Gasteiger partial charge in [0.2, 0.25) is 0 Å². The molecule has 0 saturated carbocycles. The summed E-state index contributed by atoms with van der Waals surface area (Å²) in [6, 6.07) is 0. The standard InChI is InChI=1S/C6H12N2O2.C5H12N2/c9-6(10)7-8-4-2-1-3-5-8;6-7-4-2-1-3-5-7/h7H,1-5H2,(H,9,10);1-6H2. The van der Waals surface area contributed by atoms with Gasteiger partial charge in [-0.2, -0.15) is 0 Å². The number of hydrogen-bond acceptors (Lipinski definition) is 4. The summed E-state index contributed by atoms with van der Waals surface area (Å²) in [4.78, 5) is 10.1. The Labute approximate surface area is 103 Å². The highest BCUT2D eigenvalue weighted by molar-refractivity contribution is 5.63. The van der Waals surface area contributed by atoms with E-state index in [0.29, 0.717) is 0 Å². The molecular weight excluding hydrogens is 220 g/mol. The van der Waals surface area contributed by atoms with Crippen molar-refractivity contribution >= 4 is 6.09 Å². The van der Waals surface area contributed by atoms with E-state index >= 15 is 0 Å². The maximum Gasteiger partial charge on any atom is 0.419 e. The van der Waals surface area contributed by atoms with Gasteiger partial charge >= 0.3 is 6.09 Å². The zero-order chi connectivity index (χ0) is 12.5. The lowest BCUT2D eigenvalue weighted by Crippen LogP contribution is -2.44. The average Bonchev–Trinajstić information content (AvgIpc) is 2.31. The molecule has 0 aromatic carbocycles. The van der Waals surface area contributed by atoms with Crippen molar-refractivity contribution in [3.63, 3.8) is 0 Å². The molecule has 2 saturated heterocycles. The van der Waals surface area contributed by atoms with Crippen LogP contribution in [0.25, 0.3) is 0 Å². The summed E-state index contributed by atoms with van der Waals surface area (Å²) in [5.74, 6) is 5.47. The molecule has 0 atom stereocenters. The molecule has 1 amide bonds. The Bertz CT molecular complexity index is 214. The van der Waals surface area contributed by atoms with Gasteiger partial charge in [-0.1, -0.05) is 12.8 Å². The molecule has 100 valence electrons. The van der Waals surface area contributed by atoms with Gasteiger partial charge in [0.1, 0.15) is 0 Å². The second-order valence-electron chi connectivity index (χ2n) is 4.56. The summed E-state index contributed by atoms with van der Waals surface area (Å²) in [7, 11) is 0. The van der Waals surface area contributed by atoms with Crippen LogP contribution in [0.5, 0.6) is 0 Å². The van der Waals surface area contributed by atoms with Crippen LogP contribution in [0, 0.1) is 0 Å². The fourth-order valence-corrected chi connectivity index (χ4v) is 2.06. The van der Waals surface area contributed by atoms with Crippen LogP contribution < -0.4 is 11.3 Å². The first-order valence-electron chi connectivity index (χ1n) is 6.42. The van der Waals surface area contributed by atoms with E-state index in [-0.39, 0.29) is 0 Å². The Balaban J connectivity index is 0.000000181. The maximum absolute atomic E-state index is 10.1. The number of hydrazine groups is 2. The molecule has 0 aromatic heterocycles. The number of piperidine rings is 2. The summed E-state index contributed by atoms with van der Waals surface area (Å²) in [5.41, 5.74) is 2.33. The van der Waals surface area contributed by atoms with E-state index in [1.165, 1.54) is 25.7 Å². The molecule has 0 bridgehead atoms. The molecule has 4 N–H and O–H groups in total.